The number of aromatic nitrogens is 1. The van der Waals surface area contributed by atoms with Crippen molar-refractivity contribution in [3.05, 3.63) is 77.5 Å². The van der Waals surface area contributed by atoms with Gasteiger partial charge in [0, 0.05) is 29.1 Å². The maximum Gasteiger partial charge on any atom is 0.326 e. The summed E-state index contributed by atoms with van der Waals surface area (Å²) in [4.78, 5) is 28.0. The van der Waals surface area contributed by atoms with Crippen LogP contribution in [0.15, 0.2) is 54.6 Å². The van der Waals surface area contributed by atoms with Crippen molar-refractivity contribution in [2.45, 2.75) is 12.5 Å². The van der Waals surface area contributed by atoms with Crippen molar-refractivity contribution in [3.63, 3.8) is 0 Å². The van der Waals surface area contributed by atoms with Gasteiger partial charge in [-0.3, -0.25) is 9.78 Å². The molecule has 1 atom stereocenters. The van der Waals surface area contributed by atoms with E-state index in [4.69, 9.17) is 0 Å². The molecule has 0 spiro atoms. The number of nitrogens with one attached hydrogen (secondary N) is 1. The third-order valence-electron chi connectivity index (χ3n) is 3.80. The second kappa shape index (κ2) is 7.26. The average Bonchev–Trinajstić information content (AvgIpc) is 2.60. The summed E-state index contributed by atoms with van der Waals surface area (Å²) in [5, 5.41) is 12.5. The van der Waals surface area contributed by atoms with E-state index in [-0.39, 0.29) is 12.0 Å². The minimum Gasteiger partial charge on any atom is -0.480 e. The molecule has 0 aliphatic rings. The zero-order valence-electron chi connectivity index (χ0n) is 13.4. The van der Waals surface area contributed by atoms with E-state index in [1.807, 2.05) is 18.2 Å². The number of rotatable bonds is 5. The van der Waals surface area contributed by atoms with Gasteiger partial charge in [0.15, 0.2) is 0 Å². The lowest BCUT2D eigenvalue weighted by molar-refractivity contribution is -0.139. The van der Waals surface area contributed by atoms with Gasteiger partial charge in [0.05, 0.1) is 5.52 Å². The van der Waals surface area contributed by atoms with E-state index in [0.29, 0.717) is 17.3 Å². The Kier molecular flexibility index (Phi) is 4.88. The van der Waals surface area contributed by atoms with Gasteiger partial charge in [-0.1, -0.05) is 24.3 Å². The SMILES string of the molecule is O=C(N[C@@H](Cc1ccc2ccccc2n1)C(=O)O)c1cc(F)cc(F)c1. The van der Waals surface area contributed by atoms with Crippen molar-refractivity contribution in [2.24, 2.45) is 0 Å². The van der Waals surface area contributed by atoms with Gasteiger partial charge in [0.2, 0.25) is 0 Å². The normalized spacial score (nSPS) is 11.9. The van der Waals surface area contributed by atoms with E-state index in [1.165, 1.54) is 0 Å². The van der Waals surface area contributed by atoms with Crippen molar-refractivity contribution in [2.75, 3.05) is 0 Å². The minimum atomic E-state index is -1.29. The molecule has 0 bridgehead atoms. The largest absolute Gasteiger partial charge is 0.480 e. The Hall–Kier alpha value is -3.35. The fraction of sp³-hybridized carbons (Fsp3) is 0.105. The standard InChI is InChI=1S/C19H14F2N2O3/c20-13-7-12(8-14(21)9-13)18(24)23-17(19(25)26)10-15-6-5-11-3-1-2-4-16(11)22-15/h1-9,17H,10H2,(H,23,24)(H,25,26)/t17-/m0/s1. The van der Waals surface area contributed by atoms with Crippen LogP contribution < -0.4 is 5.32 Å². The summed E-state index contributed by atoms with van der Waals surface area (Å²) in [5.74, 6) is -3.99. The van der Waals surface area contributed by atoms with Crippen LogP contribution in [0, 0.1) is 11.6 Å². The van der Waals surface area contributed by atoms with Gasteiger partial charge >= 0.3 is 5.97 Å². The molecule has 0 unspecified atom stereocenters. The number of pyridine rings is 1. The minimum absolute atomic E-state index is 0.0658. The maximum absolute atomic E-state index is 13.2. The van der Waals surface area contributed by atoms with Crippen LogP contribution in [0.2, 0.25) is 0 Å². The van der Waals surface area contributed by atoms with Gasteiger partial charge < -0.3 is 10.4 Å². The number of hydrogen-bond donors (Lipinski definition) is 2. The molecule has 2 aromatic carbocycles. The molecule has 1 heterocycles. The topological polar surface area (TPSA) is 79.3 Å². The smallest absolute Gasteiger partial charge is 0.326 e. The number of fused-ring (bicyclic) bond motifs is 1. The number of para-hydroxylation sites is 1. The van der Waals surface area contributed by atoms with Crippen LogP contribution in [0.5, 0.6) is 0 Å². The Morgan fingerprint density at radius 2 is 1.73 bits per heavy atom. The van der Waals surface area contributed by atoms with Gasteiger partial charge in [0.25, 0.3) is 5.91 Å². The van der Waals surface area contributed by atoms with Crippen molar-refractivity contribution >= 4 is 22.8 Å². The number of benzene rings is 2. The second-order valence-corrected chi connectivity index (χ2v) is 5.72. The second-order valence-electron chi connectivity index (χ2n) is 5.72. The predicted molar refractivity (Wildman–Crippen MR) is 90.7 cm³/mol. The molecule has 0 fully saturated rings. The highest BCUT2D eigenvalue weighted by Crippen LogP contribution is 2.13. The van der Waals surface area contributed by atoms with Crippen LogP contribution in [0.3, 0.4) is 0 Å². The third kappa shape index (κ3) is 4.00. The highest BCUT2D eigenvalue weighted by Gasteiger charge is 2.22. The summed E-state index contributed by atoms with van der Waals surface area (Å²) < 4.78 is 26.5. The molecule has 3 aromatic rings. The van der Waals surface area contributed by atoms with Gasteiger partial charge in [-0.25, -0.2) is 13.6 Å². The first-order chi connectivity index (χ1) is 12.4. The molecule has 26 heavy (non-hydrogen) atoms. The summed E-state index contributed by atoms with van der Waals surface area (Å²) in [7, 11) is 0. The van der Waals surface area contributed by atoms with E-state index in [0.717, 1.165) is 17.5 Å². The number of carboxylic acid groups (broad SMARTS) is 1. The quantitative estimate of drug-likeness (QED) is 0.737. The van der Waals surface area contributed by atoms with Crippen LogP contribution in [0.1, 0.15) is 16.1 Å². The number of carbonyl (C=O) groups excluding carboxylic acids is 1. The molecule has 5 nitrogen and oxygen atoms in total. The first-order valence-corrected chi connectivity index (χ1v) is 7.77. The zero-order chi connectivity index (χ0) is 18.7. The molecule has 0 aliphatic carbocycles. The van der Waals surface area contributed by atoms with Crippen molar-refractivity contribution in [3.8, 4) is 0 Å². The molecule has 0 saturated heterocycles. The molecular weight excluding hydrogens is 342 g/mol. The summed E-state index contributed by atoms with van der Waals surface area (Å²) in [6.07, 6.45) is -0.0658. The Balaban J connectivity index is 1.80. The van der Waals surface area contributed by atoms with Crippen LogP contribution in [0.4, 0.5) is 8.78 Å². The first-order valence-electron chi connectivity index (χ1n) is 7.77. The van der Waals surface area contributed by atoms with Crippen LogP contribution >= 0.6 is 0 Å². The summed E-state index contributed by atoms with van der Waals surface area (Å²) in [6.45, 7) is 0. The fourth-order valence-corrected chi connectivity index (χ4v) is 2.56. The average molecular weight is 356 g/mol. The molecular formula is C19H14F2N2O3. The van der Waals surface area contributed by atoms with E-state index < -0.39 is 29.6 Å². The Morgan fingerprint density at radius 1 is 1.04 bits per heavy atom. The van der Waals surface area contributed by atoms with Crippen molar-refractivity contribution in [1.82, 2.24) is 10.3 Å². The van der Waals surface area contributed by atoms with Gasteiger partial charge in [-0.2, -0.15) is 0 Å². The predicted octanol–water partition coefficient (Wildman–Crippen LogP) is 2.94. The summed E-state index contributed by atoms with van der Waals surface area (Å²) >= 11 is 0. The zero-order valence-corrected chi connectivity index (χ0v) is 13.4. The lowest BCUT2D eigenvalue weighted by Crippen LogP contribution is -2.42. The van der Waals surface area contributed by atoms with E-state index >= 15 is 0 Å². The molecule has 3 rings (SSSR count). The summed E-state index contributed by atoms with van der Waals surface area (Å²) in [5.41, 5.74) is 0.884. The van der Waals surface area contributed by atoms with E-state index in [2.05, 4.69) is 10.3 Å². The Bertz CT molecular complexity index is 971. The number of hydrogen-bond acceptors (Lipinski definition) is 3. The fourth-order valence-electron chi connectivity index (χ4n) is 2.56. The van der Waals surface area contributed by atoms with E-state index in [9.17, 15) is 23.5 Å². The molecule has 0 aliphatic heterocycles. The van der Waals surface area contributed by atoms with Gasteiger partial charge in [-0.15, -0.1) is 0 Å². The number of nitrogens with zero attached hydrogens (tertiary/aromatic N) is 1. The Morgan fingerprint density at radius 3 is 2.42 bits per heavy atom. The molecule has 0 radical (unpaired) electrons. The monoisotopic (exact) mass is 356 g/mol. The summed E-state index contributed by atoms with van der Waals surface area (Å²) in [6, 6.07) is 11.8. The third-order valence-corrected chi connectivity index (χ3v) is 3.80. The van der Waals surface area contributed by atoms with Crippen LogP contribution in [-0.2, 0) is 11.2 Å². The number of amides is 1. The lowest BCUT2D eigenvalue weighted by atomic mass is 10.1. The number of carbonyl (C=O) groups is 2. The molecule has 7 heteroatoms. The highest BCUT2D eigenvalue weighted by molar-refractivity contribution is 5.96. The van der Waals surface area contributed by atoms with Gasteiger partial charge in [0.1, 0.15) is 17.7 Å². The Labute approximate surface area is 147 Å². The molecule has 1 amide bonds. The molecule has 132 valence electrons. The maximum atomic E-state index is 13.2. The van der Waals surface area contributed by atoms with Crippen molar-refractivity contribution in [1.29, 1.82) is 0 Å². The number of aliphatic carboxylic acids is 1. The molecule has 2 N–H and O–H groups in total. The number of carboxylic acids is 1. The van der Waals surface area contributed by atoms with Gasteiger partial charge in [-0.05, 0) is 24.3 Å². The molecule has 0 saturated carbocycles. The van der Waals surface area contributed by atoms with Crippen LogP contribution in [-0.4, -0.2) is 28.0 Å². The van der Waals surface area contributed by atoms with Crippen LogP contribution in [0.25, 0.3) is 10.9 Å². The first kappa shape index (κ1) is 17.5. The highest BCUT2D eigenvalue weighted by atomic mass is 19.1. The molecule has 1 aromatic heterocycles. The van der Waals surface area contributed by atoms with Crippen molar-refractivity contribution < 1.29 is 23.5 Å². The lowest BCUT2D eigenvalue weighted by Gasteiger charge is -2.14. The number of halogens is 2. The van der Waals surface area contributed by atoms with E-state index in [1.54, 1.807) is 18.2 Å².